The van der Waals surface area contributed by atoms with Crippen LogP contribution in [0.25, 0.3) is 0 Å². The highest BCUT2D eigenvalue weighted by molar-refractivity contribution is 8.01. The molecule has 2 heterocycles. The molecule has 1 aromatic rings. The molecule has 0 aliphatic carbocycles. The summed E-state index contributed by atoms with van der Waals surface area (Å²) in [5.74, 6) is 1.08. The van der Waals surface area contributed by atoms with Crippen molar-refractivity contribution < 1.29 is 4.79 Å². The van der Waals surface area contributed by atoms with Gasteiger partial charge in [-0.05, 0) is 18.6 Å². The van der Waals surface area contributed by atoms with Crippen molar-refractivity contribution in [1.82, 2.24) is 0 Å². The van der Waals surface area contributed by atoms with Gasteiger partial charge in [-0.2, -0.15) is 0 Å². The highest BCUT2D eigenvalue weighted by Gasteiger charge is 2.23. The first kappa shape index (κ1) is 9.56. The minimum absolute atomic E-state index is 0.387. The number of ketones is 1. The topological polar surface area (TPSA) is 17.1 Å². The van der Waals surface area contributed by atoms with Crippen LogP contribution in [0.4, 0.5) is 0 Å². The third-order valence-electron chi connectivity index (χ3n) is 1.99. The van der Waals surface area contributed by atoms with Crippen LogP contribution < -0.4 is 0 Å². The van der Waals surface area contributed by atoms with E-state index in [0.29, 0.717) is 16.8 Å². The maximum atomic E-state index is 11.0. The molecule has 1 saturated heterocycles. The van der Waals surface area contributed by atoms with Gasteiger partial charge >= 0.3 is 0 Å². The molecule has 0 aromatic carbocycles. The number of rotatable bonds is 2. The lowest BCUT2D eigenvalue weighted by Gasteiger charge is -2.03. The summed E-state index contributed by atoms with van der Waals surface area (Å²) in [5.41, 5.74) is 0. The molecule has 1 aliphatic rings. The van der Waals surface area contributed by atoms with Gasteiger partial charge in [0.15, 0.2) is 0 Å². The first-order valence-electron chi connectivity index (χ1n) is 4.11. The number of hydrogen-bond donors (Lipinski definition) is 0. The van der Waals surface area contributed by atoms with Gasteiger partial charge in [-0.15, -0.1) is 23.1 Å². The fourth-order valence-electron chi connectivity index (χ4n) is 1.40. The Balaban J connectivity index is 1.95. The Hall–Kier alpha value is 0.01000. The van der Waals surface area contributed by atoms with Crippen LogP contribution in [0, 0.1) is 0 Å². The summed E-state index contributed by atoms with van der Waals surface area (Å²) in [6.45, 7) is 0. The van der Waals surface area contributed by atoms with Gasteiger partial charge < -0.3 is 0 Å². The van der Waals surface area contributed by atoms with Crippen LogP contribution in [0.5, 0.6) is 0 Å². The summed E-state index contributed by atoms with van der Waals surface area (Å²) in [7, 11) is 0. The summed E-state index contributed by atoms with van der Waals surface area (Å²) in [5, 5.41) is 0.488. The van der Waals surface area contributed by atoms with Crippen LogP contribution in [0.15, 0.2) is 12.1 Å². The Kier molecular flexibility index (Phi) is 2.96. The number of thioether (sulfide) groups is 1. The molecular weight excluding hydrogens is 224 g/mol. The molecule has 0 N–H and O–H groups in total. The van der Waals surface area contributed by atoms with Crippen molar-refractivity contribution in [3.05, 3.63) is 21.3 Å². The summed E-state index contributed by atoms with van der Waals surface area (Å²) >= 11 is 9.20. The summed E-state index contributed by atoms with van der Waals surface area (Å²) < 4.78 is 0.837. The van der Waals surface area contributed by atoms with E-state index in [-0.39, 0.29) is 0 Å². The van der Waals surface area contributed by atoms with Gasteiger partial charge in [-0.25, -0.2) is 0 Å². The van der Waals surface area contributed by atoms with Gasteiger partial charge in [0, 0.05) is 16.5 Å². The molecule has 4 heteroatoms. The first-order chi connectivity index (χ1) is 6.24. The van der Waals surface area contributed by atoms with Crippen molar-refractivity contribution in [3.63, 3.8) is 0 Å². The monoisotopic (exact) mass is 232 g/mol. The van der Waals surface area contributed by atoms with E-state index in [2.05, 4.69) is 6.07 Å². The van der Waals surface area contributed by atoms with Gasteiger partial charge in [-0.1, -0.05) is 11.6 Å². The number of carbonyl (C=O) groups is 1. The highest BCUT2D eigenvalue weighted by atomic mass is 35.5. The number of carbonyl (C=O) groups excluding carboxylic acids is 1. The molecule has 0 saturated carbocycles. The quantitative estimate of drug-likeness (QED) is 0.780. The van der Waals surface area contributed by atoms with Crippen molar-refractivity contribution in [2.24, 2.45) is 0 Å². The molecule has 70 valence electrons. The predicted octanol–water partition coefficient (Wildman–Crippen LogP) is 3.02. The zero-order valence-electron chi connectivity index (χ0n) is 6.96. The molecule has 0 spiro atoms. The zero-order chi connectivity index (χ0) is 9.26. The van der Waals surface area contributed by atoms with Gasteiger partial charge in [0.2, 0.25) is 0 Å². The lowest BCUT2D eigenvalue weighted by atomic mass is 10.2. The van der Waals surface area contributed by atoms with Gasteiger partial charge in [0.1, 0.15) is 5.78 Å². The smallest absolute Gasteiger partial charge is 0.143 e. The lowest BCUT2D eigenvalue weighted by molar-refractivity contribution is -0.116. The van der Waals surface area contributed by atoms with E-state index in [9.17, 15) is 4.79 Å². The SMILES string of the molecule is O=C1CSC(Cc2ccc(Cl)s2)C1. The highest BCUT2D eigenvalue weighted by Crippen LogP contribution is 2.30. The van der Waals surface area contributed by atoms with Crippen molar-refractivity contribution >= 4 is 40.5 Å². The Morgan fingerprint density at radius 2 is 2.38 bits per heavy atom. The van der Waals surface area contributed by atoms with E-state index >= 15 is 0 Å². The van der Waals surface area contributed by atoms with Crippen LogP contribution in [-0.4, -0.2) is 16.8 Å². The first-order valence-corrected chi connectivity index (χ1v) is 6.36. The minimum Gasteiger partial charge on any atom is -0.299 e. The fourth-order valence-corrected chi connectivity index (χ4v) is 3.81. The molecule has 1 fully saturated rings. The summed E-state index contributed by atoms with van der Waals surface area (Å²) in [6.07, 6.45) is 1.73. The second-order valence-electron chi connectivity index (χ2n) is 3.09. The standard InChI is InChI=1S/C9H9ClOS2/c10-9-2-1-7(13-9)4-8-3-6(11)5-12-8/h1-2,8H,3-5H2. The largest absolute Gasteiger partial charge is 0.299 e. The van der Waals surface area contributed by atoms with Gasteiger partial charge in [-0.3, -0.25) is 4.79 Å². The molecule has 0 amide bonds. The number of hydrogen-bond acceptors (Lipinski definition) is 3. The molecule has 1 unspecified atom stereocenters. The van der Waals surface area contributed by atoms with Crippen LogP contribution in [0.1, 0.15) is 11.3 Å². The molecule has 0 radical (unpaired) electrons. The minimum atomic E-state index is 0.387. The van der Waals surface area contributed by atoms with E-state index in [1.807, 2.05) is 6.07 Å². The molecular formula is C9H9ClOS2. The average molecular weight is 233 g/mol. The van der Waals surface area contributed by atoms with Crippen LogP contribution in [-0.2, 0) is 11.2 Å². The maximum absolute atomic E-state index is 11.0. The third kappa shape index (κ3) is 2.48. The van der Waals surface area contributed by atoms with Crippen molar-refractivity contribution in [2.45, 2.75) is 18.1 Å². The fraction of sp³-hybridized carbons (Fsp3) is 0.444. The lowest BCUT2D eigenvalue weighted by Crippen LogP contribution is -2.02. The summed E-state index contributed by atoms with van der Waals surface area (Å²) in [4.78, 5) is 12.3. The van der Waals surface area contributed by atoms with Crippen molar-refractivity contribution in [3.8, 4) is 0 Å². The van der Waals surface area contributed by atoms with Crippen LogP contribution in [0.2, 0.25) is 4.34 Å². The van der Waals surface area contributed by atoms with Crippen LogP contribution in [0.3, 0.4) is 0 Å². The molecule has 2 rings (SSSR count). The Bertz CT molecular complexity index is 321. The normalized spacial score (nSPS) is 22.5. The van der Waals surface area contributed by atoms with Crippen molar-refractivity contribution in [2.75, 3.05) is 5.75 Å². The molecule has 1 aromatic heterocycles. The molecule has 1 aliphatic heterocycles. The molecule has 1 atom stereocenters. The Labute approximate surface area is 90.5 Å². The second kappa shape index (κ2) is 4.03. The third-order valence-corrected chi connectivity index (χ3v) is 4.54. The van der Waals surface area contributed by atoms with E-state index in [4.69, 9.17) is 11.6 Å². The van der Waals surface area contributed by atoms with Crippen LogP contribution >= 0.6 is 34.7 Å². The average Bonchev–Trinajstić information content (AvgIpc) is 2.62. The predicted molar refractivity (Wildman–Crippen MR) is 58.9 cm³/mol. The van der Waals surface area contributed by atoms with Crippen molar-refractivity contribution in [1.29, 1.82) is 0 Å². The van der Waals surface area contributed by atoms with Gasteiger partial charge in [0.05, 0.1) is 10.1 Å². The van der Waals surface area contributed by atoms with E-state index in [0.717, 1.165) is 17.2 Å². The molecule has 0 bridgehead atoms. The number of thiophene rings is 1. The summed E-state index contributed by atoms with van der Waals surface area (Å²) in [6, 6.07) is 3.97. The van der Waals surface area contributed by atoms with E-state index < -0.39 is 0 Å². The molecule has 13 heavy (non-hydrogen) atoms. The van der Waals surface area contributed by atoms with E-state index in [1.165, 1.54) is 4.88 Å². The Morgan fingerprint density at radius 1 is 1.54 bits per heavy atom. The zero-order valence-corrected chi connectivity index (χ0v) is 9.35. The van der Waals surface area contributed by atoms with Gasteiger partial charge in [0.25, 0.3) is 0 Å². The maximum Gasteiger partial charge on any atom is 0.143 e. The number of halogens is 1. The molecule has 1 nitrogen and oxygen atoms in total. The van der Waals surface area contributed by atoms with E-state index in [1.54, 1.807) is 23.1 Å². The number of Topliss-reactive ketones (excluding diaryl/α,β-unsaturated/α-hetero) is 1. The second-order valence-corrected chi connectivity index (χ2v) is 6.17. The Morgan fingerprint density at radius 3 is 2.92 bits per heavy atom.